The Morgan fingerprint density at radius 3 is 2.38 bits per heavy atom. The summed E-state index contributed by atoms with van der Waals surface area (Å²) in [6.07, 6.45) is 2.98. The summed E-state index contributed by atoms with van der Waals surface area (Å²) < 4.78 is 24.2. The van der Waals surface area contributed by atoms with E-state index in [4.69, 9.17) is 5.11 Å². The lowest BCUT2D eigenvalue weighted by Gasteiger charge is -2.11. The van der Waals surface area contributed by atoms with Crippen LogP contribution in [0.5, 0.6) is 0 Å². The normalized spacial score (nSPS) is 18.6. The predicted octanol–water partition coefficient (Wildman–Crippen LogP) is 4.40. The zero-order chi connectivity index (χ0) is 20.6. The van der Waals surface area contributed by atoms with Crippen LogP contribution < -0.4 is 0 Å². The summed E-state index contributed by atoms with van der Waals surface area (Å²) in [5, 5.41) is 8.95. The van der Waals surface area contributed by atoms with Gasteiger partial charge in [0.1, 0.15) is 0 Å². The summed E-state index contributed by atoms with van der Waals surface area (Å²) in [4.78, 5) is 4.85. The fraction of sp³-hybridized carbons (Fsp3) is 0.292. The predicted molar refractivity (Wildman–Crippen MR) is 115 cm³/mol. The molecule has 0 amide bonds. The average Bonchev–Trinajstić information content (AvgIpc) is 3.49. The van der Waals surface area contributed by atoms with Crippen LogP contribution in [0.3, 0.4) is 0 Å². The maximum atomic E-state index is 12.1. The molecule has 0 unspecified atom stereocenters. The quantitative estimate of drug-likeness (QED) is 0.658. The fourth-order valence-electron chi connectivity index (χ4n) is 4.04. The Balaban J connectivity index is 1.61. The maximum absolute atomic E-state index is 12.1. The maximum Gasteiger partial charge on any atom is 0.180 e. The summed E-state index contributed by atoms with van der Waals surface area (Å²) in [7, 11) is -3.43. The van der Waals surface area contributed by atoms with Crippen LogP contribution in [0, 0.1) is 13.8 Å². The van der Waals surface area contributed by atoms with Crippen molar-refractivity contribution < 1.29 is 13.5 Å². The first-order valence-corrected chi connectivity index (χ1v) is 11.5. The highest BCUT2D eigenvalue weighted by Crippen LogP contribution is 2.55. The highest BCUT2D eigenvalue weighted by atomic mass is 32.2. The van der Waals surface area contributed by atoms with E-state index in [1.54, 1.807) is 12.1 Å². The second kappa shape index (κ2) is 7.73. The molecule has 4 rings (SSSR count). The van der Waals surface area contributed by atoms with Gasteiger partial charge in [-0.05, 0) is 72.2 Å². The molecule has 0 bridgehead atoms. The molecule has 0 radical (unpaired) electrons. The number of pyridine rings is 1. The lowest BCUT2D eigenvalue weighted by molar-refractivity contribution is 0.319. The SMILES string of the molecule is Cc1ccc(-c2ccc(S(=O)(=O)CCO)cc2)cc1[C@@H]1C[C@@H]1c1ncccc1C. The van der Waals surface area contributed by atoms with Crippen molar-refractivity contribution in [1.82, 2.24) is 4.98 Å². The number of aliphatic hydroxyl groups is 1. The van der Waals surface area contributed by atoms with Crippen LogP contribution in [-0.2, 0) is 9.84 Å². The first kappa shape index (κ1) is 19.8. The van der Waals surface area contributed by atoms with E-state index in [0.29, 0.717) is 11.8 Å². The smallest absolute Gasteiger partial charge is 0.180 e. The van der Waals surface area contributed by atoms with Gasteiger partial charge in [0, 0.05) is 17.8 Å². The van der Waals surface area contributed by atoms with Gasteiger partial charge in [-0.1, -0.05) is 36.4 Å². The monoisotopic (exact) mass is 407 g/mol. The Labute approximate surface area is 172 Å². The number of sulfone groups is 1. The molecule has 1 aliphatic rings. The van der Waals surface area contributed by atoms with Gasteiger partial charge >= 0.3 is 0 Å². The minimum absolute atomic E-state index is 0.246. The molecule has 2 atom stereocenters. The first-order valence-electron chi connectivity index (χ1n) is 9.87. The van der Waals surface area contributed by atoms with Crippen LogP contribution in [0.2, 0.25) is 0 Å². The topological polar surface area (TPSA) is 67.3 Å². The third kappa shape index (κ3) is 3.98. The minimum Gasteiger partial charge on any atom is -0.395 e. The van der Waals surface area contributed by atoms with Crippen molar-refractivity contribution in [3.63, 3.8) is 0 Å². The first-order chi connectivity index (χ1) is 13.9. The number of hydrogen-bond acceptors (Lipinski definition) is 4. The summed E-state index contributed by atoms with van der Waals surface area (Å²) in [5.74, 6) is 0.695. The molecule has 3 aromatic rings. The van der Waals surface area contributed by atoms with Crippen molar-refractivity contribution in [2.75, 3.05) is 12.4 Å². The largest absolute Gasteiger partial charge is 0.395 e. The Hall–Kier alpha value is -2.50. The van der Waals surface area contributed by atoms with Gasteiger partial charge < -0.3 is 5.11 Å². The van der Waals surface area contributed by atoms with E-state index in [0.717, 1.165) is 17.5 Å². The average molecular weight is 408 g/mol. The van der Waals surface area contributed by atoms with Crippen LogP contribution in [-0.4, -0.2) is 30.9 Å². The molecule has 1 N–H and O–H groups in total. The molecular weight excluding hydrogens is 382 g/mol. The van der Waals surface area contributed by atoms with Crippen molar-refractivity contribution in [1.29, 1.82) is 0 Å². The second-order valence-corrected chi connectivity index (χ2v) is 9.90. The van der Waals surface area contributed by atoms with Gasteiger partial charge in [0.05, 0.1) is 17.3 Å². The van der Waals surface area contributed by atoms with E-state index < -0.39 is 9.84 Å². The molecule has 29 heavy (non-hydrogen) atoms. The van der Waals surface area contributed by atoms with Crippen molar-refractivity contribution in [2.45, 2.75) is 37.0 Å². The van der Waals surface area contributed by atoms with E-state index in [9.17, 15) is 8.42 Å². The third-order valence-corrected chi connectivity index (χ3v) is 7.49. The third-order valence-electron chi connectivity index (χ3n) is 5.78. The molecule has 1 aliphatic carbocycles. The Morgan fingerprint density at radius 2 is 1.69 bits per heavy atom. The van der Waals surface area contributed by atoms with Gasteiger partial charge in [-0.3, -0.25) is 4.98 Å². The van der Waals surface area contributed by atoms with E-state index in [-0.39, 0.29) is 17.3 Å². The van der Waals surface area contributed by atoms with E-state index in [1.165, 1.54) is 22.4 Å². The van der Waals surface area contributed by atoms with Crippen molar-refractivity contribution in [2.24, 2.45) is 0 Å². The molecule has 1 heterocycles. The lowest BCUT2D eigenvalue weighted by Crippen LogP contribution is -2.09. The minimum atomic E-state index is -3.43. The molecule has 1 saturated carbocycles. The Morgan fingerprint density at radius 1 is 0.966 bits per heavy atom. The van der Waals surface area contributed by atoms with Crippen molar-refractivity contribution in [3.05, 3.63) is 83.2 Å². The molecule has 0 saturated heterocycles. The molecule has 0 spiro atoms. The van der Waals surface area contributed by atoms with Crippen LogP contribution in [0.25, 0.3) is 11.1 Å². The molecule has 1 fully saturated rings. The molecule has 1 aromatic heterocycles. The zero-order valence-electron chi connectivity index (χ0n) is 16.7. The van der Waals surface area contributed by atoms with Crippen LogP contribution in [0.1, 0.15) is 40.6 Å². The summed E-state index contributed by atoms with van der Waals surface area (Å²) in [6.45, 7) is 3.89. The molecule has 2 aromatic carbocycles. The Bertz CT molecular complexity index is 1140. The van der Waals surface area contributed by atoms with Gasteiger partial charge in [0.2, 0.25) is 0 Å². The number of rotatable bonds is 6. The molecule has 150 valence electrons. The van der Waals surface area contributed by atoms with E-state index in [1.807, 2.05) is 24.4 Å². The summed E-state index contributed by atoms with van der Waals surface area (Å²) in [6, 6.07) is 17.5. The fourth-order valence-corrected chi connectivity index (χ4v) is 5.07. The van der Waals surface area contributed by atoms with Gasteiger partial charge in [0.25, 0.3) is 0 Å². The van der Waals surface area contributed by atoms with E-state index >= 15 is 0 Å². The number of aromatic nitrogens is 1. The highest BCUT2D eigenvalue weighted by Gasteiger charge is 2.42. The van der Waals surface area contributed by atoms with Gasteiger partial charge in [-0.15, -0.1) is 0 Å². The summed E-state index contributed by atoms with van der Waals surface area (Å²) >= 11 is 0. The van der Waals surface area contributed by atoms with Gasteiger partial charge in [-0.25, -0.2) is 8.42 Å². The molecule has 4 nitrogen and oxygen atoms in total. The van der Waals surface area contributed by atoms with Crippen LogP contribution in [0.4, 0.5) is 0 Å². The molecule has 5 heteroatoms. The standard InChI is InChI=1S/C24H25NO3S/c1-16-5-6-19(18-7-9-20(10-8-18)29(27,28)13-12-26)14-21(16)22-15-23(22)24-17(2)4-3-11-25-24/h3-11,14,22-23,26H,12-13,15H2,1-2H3/t22-,23-/m0/s1. The van der Waals surface area contributed by atoms with Crippen LogP contribution in [0.15, 0.2) is 65.7 Å². The summed E-state index contributed by atoms with van der Waals surface area (Å²) in [5.41, 5.74) is 7.13. The second-order valence-electron chi connectivity index (χ2n) is 7.79. The van der Waals surface area contributed by atoms with Crippen molar-refractivity contribution >= 4 is 9.84 Å². The van der Waals surface area contributed by atoms with E-state index in [2.05, 4.69) is 43.1 Å². The number of aryl methyl sites for hydroxylation is 2. The molecule has 0 aliphatic heterocycles. The van der Waals surface area contributed by atoms with Gasteiger partial charge in [-0.2, -0.15) is 0 Å². The Kier molecular flexibility index (Phi) is 5.28. The number of nitrogens with zero attached hydrogens (tertiary/aromatic N) is 1. The number of hydrogen-bond donors (Lipinski definition) is 1. The lowest BCUT2D eigenvalue weighted by atomic mass is 9.95. The van der Waals surface area contributed by atoms with Gasteiger partial charge in [0.15, 0.2) is 9.84 Å². The number of benzene rings is 2. The molecular formula is C24H25NO3S. The van der Waals surface area contributed by atoms with Crippen molar-refractivity contribution in [3.8, 4) is 11.1 Å². The zero-order valence-corrected chi connectivity index (χ0v) is 17.5. The highest BCUT2D eigenvalue weighted by molar-refractivity contribution is 7.91. The number of aliphatic hydroxyl groups excluding tert-OH is 1. The van der Waals surface area contributed by atoms with Crippen LogP contribution >= 0.6 is 0 Å².